The number of imide groups is 1. The van der Waals surface area contributed by atoms with Crippen LogP contribution in [0.1, 0.15) is 26.3 Å². The first-order valence-electron chi connectivity index (χ1n) is 8.95. The highest BCUT2D eigenvalue weighted by Crippen LogP contribution is 2.14. The number of ether oxygens (including phenoxy) is 2. The van der Waals surface area contributed by atoms with E-state index in [1.54, 1.807) is 4.90 Å². The lowest BCUT2D eigenvalue weighted by Crippen LogP contribution is -2.52. The van der Waals surface area contributed by atoms with Crippen molar-refractivity contribution in [1.82, 2.24) is 15.1 Å². The summed E-state index contributed by atoms with van der Waals surface area (Å²) in [5, 5.41) is 2.02. The average molecular weight is 390 g/mol. The van der Waals surface area contributed by atoms with Gasteiger partial charge in [0.05, 0.1) is 7.11 Å². The van der Waals surface area contributed by atoms with Crippen LogP contribution in [0.4, 0.5) is 14.4 Å². The maximum Gasteiger partial charge on any atom is 0.415 e. The van der Waals surface area contributed by atoms with Crippen molar-refractivity contribution >= 4 is 24.1 Å². The Morgan fingerprint density at radius 3 is 2.11 bits per heavy atom. The molecule has 0 unspecified atom stereocenters. The standard InChI is InChI=1S/C19H26N4O5/c1-19(2,3)28-18(26)23-12-10-22(11-13-23)15(14-8-6-5-7-9-14)20-16(24)21-17(25)27-4/h5-9H,10-13H2,1-4H3,(H,21,24,25)/b20-15+. The number of benzene rings is 1. The number of carbonyl (C=O) groups is 3. The number of nitrogens with one attached hydrogen (secondary N) is 1. The number of amidine groups is 1. The molecule has 0 spiro atoms. The van der Waals surface area contributed by atoms with Gasteiger partial charge in [0.25, 0.3) is 0 Å². The molecular weight excluding hydrogens is 364 g/mol. The van der Waals surface area contributed by atoms with Gasteiger partial charge in [0.2, 0.25) is 0 Å². The molecule has 0 bridgehead atoms. The molecule has 9 heteroatoms. The summed E-state index contributed by atoms with van der Waals surface area (Å²) >= 11 is 0. The van der Waals surface area contributed by atoms with E-state index in [0.29, 0.717) is 32.0 Å². The van der Waals surface area contributed by atoms with Gasteiger partial charge in [-0.05, 0) is 20.8 Å². The molecule has 9 nitrogen and oxygen atoms in total. The highest BCUT2D eigenvalue weighted by Gasteiger charge is 2.27. The minimum Gasteiger partial charge on any atom is -0.453 e. The second-order valence-corrected chi connectivity index (χ2v) is 7.18. The largest absolute Gasteiger partial charge is 0.453 e. The molecule has 4 amide bonds. The van der Waals surface area contributed by atoms with Crippen molar-refractivity contribution in [3.8, 4) is 0 Å². The summed E-state index contributed by atoms with van der Waals surface area (Å²) in [7, 11) is 1.17. The van der Waals surface area contributed by atoms with E-state index in [9.17, 15) is 14.4 Å². The SMILES string of the molecule is COC(=O)NC(=O)/N=C(\c1ccccc1)N1CCN(C(=O)OC(C)(C)C)CC1. The van der Waals surface area contributed by atoms with Crippen LogP contribution in [0.25, 0.3) is 0 Å². The van der Waals surface area contributed by atoms with Crippen molar-refractivity contribution < 1.29 is 23.9 Å². The number of rotatable bonds is 1. The van der Waals surface area contributed by atoms with Gasteiger partial charge in [-0.3, -0.25) is 0 Å². The van der Waals surface area contributed by atoms with E-state index < -0.39 is 17.7 Å². The van der Waals surface area contributed by atoms with Crippen molar-refractivity contribution in [2.45, 2.75) is 26.4 Å². The van der Waals surface area contributed by atoms with Crippen LogP contribution in [0.2, 0.25) is 0 Å². The van der Waals surface area contributed by atoms with E-state index in [-0.39, 0.29) is 6.09 Å². The summed E-state index contributed by atoms with van der Waals surface area (Å²) in [5.74, 6) is 0.422. The molecule has 1 N–H and O–H groups in total. The molecule has 1 aromatic carbocycles. The monoisotopic (exact) mass is 390 g/mol. The second kappa shape index (κ2) is 9.20. The highest BCUT2D eigenvalue weighted by molar-refractivity contribution is 6.06. The molecule has 0 aromatic heterocycles. The van der Waals surface area contributed by atoms with E-state index in [2.05, 4.69) is 9.73 Å². The Morgan fingerprint density at radius 1 is 1.00 bits per heavy atom. The lowest BCUT2D eigenvalue weighted by atomic mass is 10.1. The number of urea groups is 1. The van der Waals surface area contributed by atoms with Crippen molar-refractivity contribution in [2.24, 2.45) is 4.99 Å². The quantitative estimate of drug-likeness (QED) is 0.584. The summed E-state index contributed by atoms with van der Waals surface area (Å²) in [6.45, 7) is 7.26. The Morgan fingerprint density at radius 2 is 1.57 bits per heavy atom. The number of amides is 4. The fourth-order valence-corrected chi connectivity index (χ4v) is 2.59. The van der Waals surface area contributed by atoms with Gasteiger partial charge in [-0.25, -0.2) is 19.7 Å². The summed E-state index contributed by atoms with van der Waals surface area (Å²) in [6, 6.07) is 8.35. The Kier molecular flexibility index (Phi) is 6.97. The average Bonchev–Trinajstić information content (AvgIpc) is 2.65. The molecule has 0 aliphatic carbocycles. The van der Waals surface area contributed by atoms with E-state index in [4.69, 9.17) is 4.74 Å². The van der Waals surface area contributed by atoms with Gasteiger partial charge in [-0.2, -0.15) is 4.99 Å². The zero-order valence-corrected chi connectivity index (χ0v) is 16.6. The number of nitrogens with zero attached hydrogens (tertiary/aromatic N) is 3. The van der Waals surface area contributed by atoms with Crippen LogP contribution in [0.5, 0.6) is 0 Å². The molecule has 152 valence electrons. The molecule has 0 radical (unpaired) electrons. The van der Waals surface area contributed by atoms with Crippen LogP contribution in [-0.2, 0) is 9.47 Å². The lowest BCUT2D eigenvalue weighted by Gasteiger charge is -2.37. The molecule has 1 aliphatic rings. The van der Waals surface area contributed by atoms with Crippen LogP contribution >= 0.6 is 0 Å². The van der Waals surface area contributed by atoms with Crippen molar-refractivity contribution in [1.29, 1.82) is 0 Å². The van der Waals surface area contributed by atoms with Gasteiger partial charge in [-0.15, -0.1) is 0 Å². The van der Waals surface area contributed by atoms with E-state index in [0.717, 1.165) is 5.56 Å². The second-order valence-electron chi connectivity index (χ2n) is 7.18. The molecule has 1 aliphatic heterocycles. The number of piperazine rings is 1. The Bertz CT molecular complexity index is 734. The Labute approximate surface area is 164 Å². The number of methoxy groups -OCH3 is 1. The van der Waals surface area contributed by atoms with Crippen LogP contribution in [0, 0.1) is 0 Å². The summed E-state index contributed by atoms with van der Waals surface area (Å²) in [4.78, 5) is 43.1. The third-order valence-corrected chi connectivity index (χ3v) is 3.86. The third kappa shape index (κ3) is 6.26. The van der Waals surface area contributed by atoms with Gasteiger partial charge in [-0.1, -0.05) is 30.3 Å². The lowest BCUT2D eigenvalue weighted by molar-refractivity contribution is 0.0187. The van der Waals surface area contributed by atoms with Crippen molar-refractivity contribution in [3.63, 3.8) is 0 Å². The molecule has 2 rings (SSSR count). The molecule has 0 atom stereocenters. The fourth-order valence-electron chi connectivity index (χ4n) is 2.59. The predicted molar refractivity (Wildman–Crippen MR) is 103 cm³/mol. The molecule has 28 heavy (non-hydrogen) atoms. The van der Waals surface area contributed by atoms with E-state index in [1.165, 1.54) is 7.11 Å². The molecule has 1 heterocycles. The molecule has 1 saturated heterocycles. The first kappa shape index (κ1) is 21.2. The van der Waals surface area contributed by atoms with Crippen LogP contribution in [0.15, 0.2) is 35.3 Å². The van der Waals surface area contributed by atoms with E-state index in [1.807, 2.05) is 61.3 Å². The topological polar surface area (TPSA) is 101 Å². The maximum atomic E-state index is 12.2. The van der Waals surface area contributed by atoms with Gasteiger partial charge < -0.3 is 19.3 Å². The first-order chi connectivity index (χ1) is 13.2. The van der Waals surface area contributed by atoms with Crippen molar-refractivity contribution in [3.05, 3.63) is 35.9 Å². The molecule has 0 saturated carbocycles. The summed E-state index contributed by atoms with van der Waals surface area (Å²) < 4.78 is 9.82. The molecule has 1 aromatic rings. The number of alkyl carbamates (subject to hydrolysis) is 1. The maximum absolute atomic E-state index is 12.2. The van der Waals surface area contributed by atoms with Crippen LogP contribution < -0.4 is 5.32 Å². The van der Waals surface area contributed by atoms with Gasteiger partial charge >= 0.3 is 18.2 Å². The predicted octanol–water partition coefficient (Wildman–Crippen LogP) is 2.46. The smallest absolute Gasteiger partial charge is 0.415 e. The van der Waals surface area contributed by atoms with Crippen LogP contribution in [-0.4, -0.2) is 72.7 Å². The summed E-state index contributed by atoms with van der Waals surface area (Å²) in [6.07, 6.45) is -1.25. The molecule has 1 fully saturated rings. The zero-order chi connectivity index (χ0) is 20.7. The van der Waals surface area contributed by atoms with Crippen molar-refractivity contribution in [2.75, 3.05) is 33.3 Å². The first-order valence-corrected chi connectivity index (χ1v) is 8.95. The minimum atomic E-state index is -0.879. The Balaban J connectivity index is 2.12. The number of hydrogen-bond donors (Lipinski definition) is 1. The van der Waals surface area contributed by atoms with Gasteiger partial charge in [0, 0.05) is 31.7 Å². The van der Waals surface area contributed by atoms with Gasteiger partial charge in [0.15, 0.2) is 0 Å². The van der Waals surface area contributed by atoms with E-state index >= 15 is 0 Å². The number of hydrogen-bond acceptors (Lipinski definition) is 5. The molecular formula is C19H26N4O5. The Hall–Kier alpha value is -3.10. The normalized spacial score (nSPS) is 15.1. The summed E-state index contributed by atoms with van der Waals surface area (Å²) in [5.41, 5.74) is 0.171. The number of carbonyl (C=O) groups excluding carboxylic acids is 3. The highest BCUT2D eigenvalue weighted by atomic mass is 16.6. The zero-order valence-electron chi connectivity index (χ0n) is 16.6. The minimum absolute atomic E-state index is 0.367. The van der Waals surface area contributed by atoms with Crippen LogP contribution in [0.3, 0.4) is 0 Å². The fraction of sp³-hybridized carbons (Fsp3) is 0.474. The third-order valence-electron chi connectivity index (χ3n) is 3.86. The van der Waals surface area contributed by atoms with Gasteiger partial charge in [0.1, 0.15) is 11.4 Å². The number of aliphatic imine (C=N–C) groups is 1.